The Balaban J connectivity index is 1.97. The number of benzene rings is 2. The monoisotopic (exact) mass is 397 g/mol. The van der Waals surface area contributed by atoms with Crippen LogP contribution in [0.5, 0.6) is 11.5 Å². The average Bonchev–Trinajstić information content (AvgIpc) is 3.09. The largest absolute Gasteiger partial charge is 0.493 e. The lowest BCUT2D eigenvalue weighted by Crippen LogP contribution is -2.30. The van der Waals surface area contributed by atoms with Crippen LogP contribution in [-0.4, -0.2) is 37.3 Å². The van der Waals surface area contributed by atoms with Crippen LogP contribution < -0.4 is 9.47 Å². The summed E-state index contributed by atoms with van der Waals surface area (Å²) in [5.74, 6) is 2.00. The molecule has 25 heavy (non-hydrogen) atoms. The number of rotatable bonds is 4. The standard InChI is InChI=1S/C18H17Cl2NO3S/c1-23-15-5-3-4-13(16(15)24-2)18-21(8-9-25-18)17(22)12-7-6-11(19)10-14(12)20/h3-7,10,18H,8-9H2,1-2H3. The first-order valence-corrected chi connectivity index (χ1v) is 9.45. The molecular weight excluding hydrogens is 381 g/mol. The zero-order chi connectivity index (χ0) is 18.0. The van der Waals surface area contributed by atoms with Gasteiger partial charge in [-0.25, -0.2) is 0 Å². The first-order chi connectivity index (χ1) is 12.1. The lowest BCUT2D eigenvalue weighted by molar-refractivity contribution is 0.0759. The summed E-state index contributed by atoms with van der Waals surface area (Å²) in [6, 6.07) is 10.6. The van der Waals surface area contributed by atoms with Crippen molar-refractivity contribution in [2.45, 2.75) is 5.37 Å². The number of para-hydroxylation sites is 1. The Bertz CT molecular complexity index is 800. The highest BCUT2D eigenvalue weighted by atomic mass is 35.5. The van der Waals surface area contributed by atoms with E-state index >= 15 is 0 Å². The molecule has 132 valence electrons. The van der Waals surface area contributed by atoms with Crippen molar-refractivity contribution in [2.24, 2.45) is 0 Å². The predicted molar refractivity (Wildman–Crippen MR) is 102 cm³/mol. The van der Waals surface area contributed by atoms with E-state index in [2.05, 4.69) is 0 Å². The molecule has 2 aromatic carbocycles. The van der Waals surface area contributed by atoms with E-state index in [0.29, 0.717) is 33.7 Å². The number of carbonyl (C=O) groups is 1. The molecule has 0 aliphatic carbocycles. The molecule has 0 bridgehead atoms. The fourth-order valence-corrected chi connectivity index (χ4v) is 4.62. The molecule has 4 nitrogen and oxygen atoms in total. The van der Waals surface area contributed by atoms with Crippen LogP contribution in [-0.2, 0) is 0 Å². The van der Waals surface area contributed by atoms with Gasteiger partial charge in [0.25, 0.3) is 5.91 Å². The summed E-state index contributed by atoms with van der Waals surface area (Å²) >= 11 is 13.8. The SMILES string of the molecule is COc1cccc(C2SCCN2C(=O)c2ccc(Cl)cc2Cl)c1OC. The number of methoxy groups -OCH3 is 2. The summed E-state index contributed by atoms with van der Waals surface area (Å²) in [7, 11) is 3.20. The third-order valence-electron chi connectivity index (χ3n) is 4.01. The van der Waals surface area contributed by atoms with Crippen molar-refractivity contribution in [1.29, 1.82) is 0 Å². The van der Waals surface area contributed by atoms with Crippen molar-refractivity contribution in [3.05, 3.63) is 57.6 Å². The molecule has 0 N–H and O–H groups in total. The van der Waals surface area contributed by atoms with Gasteiger partial charge in [0.15, 0.2) is 11.5 Å². The van der Waals surface area contributed by atoms with Crippen molar-refractivity contribution >= 4 is 40.9 Å². The zero-order valence-electron chi connectivity index (χ0n) is 13.8. The van der Waals surface area contributed by atoms with Crippen LogP contribution in [0.4, 0.5) is 0 Å². The van der Waals surface area contributed by atoms with Crippen LogP contribution in [0.25, 0.3) is 0 Å². The van der Waals surface area contributed by atoms with E-state index in [9.17, 15) is 4.79 Å². The van der Waals surface area contributed by atoms with Crippen molar-refractivity contribution < 1.29 is 14.3 Å². The predicted octanol–water partition coefficient (Wildman–Crippen LogP) is 4.90. The van der Waals surface area contributed by atoms with Gasteiger partial charge in [-0.2, -0.15) is 0 Å². The van der Waals surface area contributed by atoms with E-state index in [1.807, 2.05) is 18.2 Å². The number of carbonyl (C=O) groups excluding carboxylic acids is 1. The summed E-state index contributed by atoms with van der Waals surface area (Å²) in [4.78, 5) is 14.8. The van der Waals surface area contributed by atoms with Crippen LogP contribution in [0, 0.1) is 0 Å². The second-order valence-electron chi connectivity index (χ2n) is 5.43. The van der Waals surface area contributed by atoms with Gasteiger partial charge in [0.05, 0.1) is 24.8 Å². The number of thioether (sulfide) groups is 1. The van der Waals surface area contributed by atoms with Crippen LogP contribution in [0.1, 0.15) is 21.3 Å². The highest BCUT2D eigenvalue weighted by Crippen LogP contribution is 2.45. The van der Waals surface area contributed by atoms with Crippen molar-refractivity contribution in [3.63, 3.8) is 0 Å². The Morgan fingerprint density at radius 3 is 2.68 bits per heavy atom. The number of amides is 1. The van der Waals surface area contributed by atoms with Crippen molar-refractivity contribution in [1.82, 2.24) is 4.90 Å². The number of halogens is 2. The number of nitrogens with zero attached hydrogens (tertiary/aromatic N) is 1. The molecule has 1 heterocycles. The minimum absolute atomic E-state index is 0.124. The Morgan fingerprint density at radius 1 is 1.20 bits per heavy atom. The van der Waals surface area contributed by atoms with Gasteiger partial charge in [0.1, 0.15) is 5.37 Å². The molecule has 1 unspecified atom stereocenters. The van der Waals surface area contributed by atoms with Gasteiger partial charge in [-0.15, -0.1) is 11.8 Å². The molecule has 3 rings (SSSR count). The Hall–Kier alpha value is -1.56. The van der Waals surface area contributed by atoms with Gasteiger partial charge >= 0.3 is 0 Å². The number of hydrogen-bond donors (Lipinski definition) is 0. The van der Waals surface area contributed by atoms with E-state index in [0.717, 1.165) is 11.3 Å². The first kappa shape index (κ1) is 18.2. The molecule has 1 aliphatic rings. The van der Waals surface area contributed by atoms with Crippen LogP contribution in [0.15, 0.2) is 36.4 Å². The molecule has 0 saturated carbocycles. The summed E-state index contributed by atoms with van der Waals surface area (Å²) in [5.41, 5.74) is 1.35. The number of hydrogen-bond acceptors (Lipinski definition) is 4. The smallest absolute Gasteiger partial charge is 0.256 e. The van der Waals surface area contributed by atoms with Gasteiger partial charge in [-0.3, -0.25) is 4.79 Å². The zero-order valence-corrected chi connectivity index (χ0v) is 16.1. The molecular formula is C18H17Cl2NO3S. The lowest BCUT2D eigenvalue weighted by Gasteiger charge is -2.26. The fourth-order valence-electron chi connectivity index (χ4n) is 2.86. The van der Waals surface area contributed by atoms with Crippen LogP contribution in [0.3, 0.4) is 0 Å². The van der Waals surface area contributed by atoms with Crippen molar-refractivity contribution in [2.75, 3.05) is 26.5 Å². The van der Waals surface area contributed by atoms with Crippen molar-refractivity contribution in [3.8, 4) is 11.5 Å². The van der Waals surface area contributed by atoms with Gasteiger partial charge in [-0.05, 0) is 24.3 Å². The maximum absolute atomic E-state index is 13.0. The Morgan fingerprint density at radius 2 is 2.00 bits per heavy atom. The topological polar surface area (TPSA) is 38.8 Å². The molecule has 1 aliphatic heterocycles. The Labute approximate surface area is 161 Å². The maximum atomic E-state index is 13.0. The highest BCUT2D eigenvalue weighted by Gasteiger charge is 2.34. The lowest BCUT2D eigenvalue weighted by atomic mass is 10.1. The van der Waals surface area contributed by atoms with Gasteiger partial charge in [0.2, 0.25) is 0 Å². The molecule has 1 fully saturated rings. The summed E-state index contributed by atoms with van der Waals surface area (Å²) in [5, 5.41) is 0.693. The van der Waals surface area contributed by atoms with E-state index in [4.69, 9.17) is 32.7 Å². The molecule has 7 heteroatoms. The molecule has 0 radical (unpaired) electrons. The van der Waals surface area contributed by atoms with Gasteiger partial charge in [0, 0.05) is 22.9 Å². The van der Waals surface area contributed by atoms with E-state index in [1.165, 1.54) is 0 Å². The second-order valence-corrected chi connectivity index (χ2v) is 7.46. The highest BCUT2D eigenvalue weighted by molar-refractivity contribution is 7.99. The Kier molecular flexibility index (Phi) is 5.67. The molecule has 2 aromatic rings. The summed E-state index contributed by atoms with van der Waals surface area (Å²) in [6.45, 7) is 0.632. The number of ether oxygens (including phenoxy) is 2. The van der Waals surface area contributed by atoms with E-state index < -0.39 is 0 Å². The third-order valence-corrected chi connectivity index (χ3v) is 5.80. The van der Waals surface area contributed by atoms with E-state index in [-0.39, 0.29) is 11.3 Å². The van der Waals surface area contributed by atoms with Crippen LogP contribution >= 0.6 is 35.0 Å². The van der Waals surface area contributed by atoms with Gasteiger partial charge in [-0.1, -0.05) is 35.3 Å². The molecule has 1 amide bonds. The minimum Gasteiger partial charge on any atom is -0.493 e. The molecule has 1 atom stereocenters. The summed E-state index contributed by atoms with van der Waals surface area (Å²) < 4.78 is 10.9. The molecule has 0 spiro atoms. The maximum Gasteiger partial charge on any atom is 0.256 e. The van der Waals surface area contributed by atoms with Crippen LogP contribution in [0.2, 0.25) is 10.0 Å². The van der Waals surface area contributed by atoms with Gasteiger partial charge < -0.3 is 14.4 Å². The second kappa shape index (κ2) is 7.77. The fraction of sp³-hybridized carbons (Fsp3) is 0.278. The average molecular weight is 398 g/mol. The first-order valence-electron chi connectivity index (χ1n) is 7.65. The third kappa shape index (κ3) is 3.54. The minimum atomic E-state index is -0.163. The summed E-state index contributed by atoms with van der Waals surface area (Å²) in [6.07, 6.45) is 0. The normalized spacial score (nSPS) is 16.8. The molecule has 1 saturated heterocycles. The quantitative estimate of drug-likeness (QED) is 0.735. The molecule has 0 aromatic heterocycles. The van der Waals surface area contributed by atoms with E-state index in [1.54, 1.807) is 49.1 Å².